The minimum atomic E-state index is 0.796. The van der Waals surface area contributed by atoms with Gasteiger partial charge in [-0.25, -0.2) is 0 Å². The maximum absolute atomic E-state index is 4.64. The lowest BCUT2D eigenvalue weighted by Gasteiger charge is -2.02. The van der Waals surface area contributed by atoms with Crippen molar-refractivity contribution in [1.82, 2.24) is 19.7 Å². The number of hydrogen-bond acceptors (Lipinski definition) is 2. The molecule has 0 aliphatic heterocycles. The van der Waals surface area contributed by atoms with Crippen molar-refractivity contribution in [2.24, 2.45) is 14.1 Å². The Balaban J connectivity index is 2.26. The van der Waals surface area contributed by atoms with E-state index in [0.29, 0.717) is 0 Å². The molecule has 3 rings (SSSR count). The summed E-state index contributed by atoms with van der Waals surface area (Å²) in [5.41, 5.74) is 6.06. The number of aromatic nitrogens is 3. The van der Waals surface area contributed by atoms with Crippen molar-refractivity contribution < 1.29 is 0 Å². The van der Waals surface area contributed by atoms with Crippen LogP contribution in [-0.2, 0) is 20.6 Å². The molecule has 0 unspecified atom stereocenters. The lowest BCUT2D eigenvalue weighted by atomic mass is 10.1. The number of nitrogens with zero attached hydrogens (tertiary/aromatic N) is 3. The second-order valence-corrected chi connectivity index (χ2v) is 5.25. The molecule has 0 radical (unpaired) electrons. The van der Waals surface area contributed by atoms with Crippen LogP contribution in [-0.4, -0.2) is 21.4 Å². The molecule has 0 aliphatic carbocycles. The first kappa shape index (κ1) is 12.9. The van der Waals surface area contributed by atoms with Crippen LogP contribution < -0.4 is 5.32 Å². The van der Waals surface area contributed by atoms with Crippen LogP contribution in [0.1, 0.15) is 11.3 Å². The fourth-order valence-corrected chi connectivity index (χ4v) is 2.93. The summed E-state index contributed by atoms with van der Waals surface area (Å²) in [6.45, 7) is 2.95. The molecule has 3 aromatic rings. The van der Waals surface area contributed by atoms with Crippen LogP contribution in [0.3, 0.4) is 0 Å². The number of fused-ring (bicyclic) bond motifs is 1. The minimum Gasteiger partial charge on any atom is -0.350 e. The van der Waals surface area contributed by atoms with Gasteiger partial charge >= 0.3 is 0 Å². The molecule has 2 aromatic heterocycles. The van der Waals surface area contributed by atoms with Crippen LogP contribution in [0.4, 0.5) is 0 Å². The highest BCUT2D eigenvalue weighted by atomic mass is 15.3. The summed E-state index contributed by atoms with van der Waals surface area (Å²) in [6, 6.07) is 8.49. The number of aryl methyl sites for hydroxylation is 2. The predicted octanol–water partition coefficient (Wildman–Crippen LogP) is 2.61. The van der Waals surface area contributed by atoms with Crippen LogP contribution in [0.15, 0.2) is 30.5 Å². The van der Waals surface area contributed by atoms with Gasteiger partial charge in [-0.05, 0) is 25.6 Å². The number of rotatable bonds is 3. The molecule has 0 saturated carbocycles. The maximum atomic E-state index is 4.64. The molecule has 2 heterocycles. The maximum Gasteiger partial charge on any atom is 0.0797 e. The highest BCUT2D eigenvalue weighted by Gasteiger charge is 2.17. The Morgan fingerprint density at radius 3 is 2.70 bits per heavy atom. The van der Waals surface area contributed by atoms with Gasteiger partial charge in [0.25, 0.3) is 0 Å². The smallest absolute Gasteiger partial charge is 0.0797 e. The van der Waals surface area contributed by atoms with E-state index in [1.165, 1.54) is 27.7 Å². The van der Waals surface area contributed by atoms with E-state index in [4.69, 9.17) is 0 Å². The van der Waals surface area contributed by atoms with Gasteiger partial charge in [-0.3, -0.25) is 4.68 Å². The molecule has 0 atom stereocenters. The predicted molar refractivity (Wildman–Crippen MR) is 82.6 cm³/mol. The zero-order chi connectivity index (χ0) is 14.3. The van der Waals surface area contributed by atoms with Gasteiger partial charge in [-0.1, -0.05) is 18.2 Å². The van der Waals surface area contributed by atoms with Crippen molar-refractivity contribution in [3.05, 3.63) is 41.7 Å². The summed E-state index contributed by atoms with van der Waals surface area (Å²) in [5.74, 6) is 0. The monoisotopic (exact) mass is 268 g/mol. The van der Waals surface area contributed by atoms with Gasteiger partial charge < -0.3 is 9.88 Å². The molecule has 0 amide bonds. The molecule has 0 spiro atoms. The van der Waals surface area contributed by atoms with Gasteiger partial charge in [0.2, 0.25) is 0 Å². The molecule has 4 heteroatoms. The molecule has 4 nitrogen and oxygen atoms in total. The molecule has 20 heavy (non-hydrogen) atoms. The van der Waals surface area contributed by atoms with Gasteiger partial charge in [0, 0.05) is 43.3 Å². The van der Waals surface area contributed by atoms with Crippen LogP contribution in [0.25, 0.3) is 22.2 Å². The van der Waals surface area contributed by atoms with Crippen molar-refractivity contribution in [3.63, 3.8) is 0 Å². The van der Waals surface area contributed by atoms with Crippen molar-refractivity contribution in [3.8, 4) is 11.3 Å². The van der Waals surface area contributed by atoms with Crippen LogP contribution in [0, 0.1) is 6.92 Å². The largest absolute Gasteiger partial charge is 0.350 e. The Bertz CT molecular complexity index is 764. The fraction of sp³-hybridized carbons (Fsp3) is 0.312. The van der Waals surface area contributed by atoms with E-state index in [2.05, 4.69) is 59.4 Å². The Morgan fingerprint density at radius 1 is 1.20 bits per heavy atom. The molecular formula is C16H20N4. The second kappa shape index (κ2) is 4.80. The Kier molecular flexibility index (Phi) is 3.10. The summed E-state index contributed by atoms with van der Waals surface area (Å²) in [4.78, 5) is 0. The number of para-hydroxylation sites is 1. The first-order valence-electron chi connectivity index (χ1n) is 6.85. The van der Waals surface area contributed by atoms with Crippen molar-refractivity contribution >= 4 is 10.9 Å². The molecule has 0 aliphatic rings. The molecule has 0 fully saturated rings. The first-order valence-corrected chi connectivity index (χ1v) is 6.85. The second-order valence-electron chi connectivity index (χ2n) is 5.25. The van der Waals surface area contributed by atoms with Crippen LogP contribution in [0.2, 0.25) is 0 Å². The molecule has 1 aromatic carbocycles. The van der Waals surface area contributed by atoms with Crippen molar-refractivity contribution in [2.75, 3.05) is 7.05 Å². The summed E-state index contributed by atoms with van der Waals surface area (Å²) >= 11 is 0. The highest BCUT2D eigenvalue weighted by molar-refractivity contribution is 5.96. The van der Waals surface area contributed by atoms with Gasteiger partial charge in [0.1, 0.15) is 0 Å². The van der Waals surface area contributed by atoms with E-state index in [1.807, 2.05) is 18.8 Å². The number of nitrogens with one attached hydrogen (secondary N) is 1. The summed E-state index contributed by atoms with van der Waals surface area (Å²) in [6.07, 6.45) is 2.19. The topological polar surface area (TPSA) is 34.8 Å². The van der Waals surface area contributed by atoms with E-state index in [9.17, 15) is 0 Å². The molecule has 0 saturated heterocycles. The standard InChI is InChI=1S/C16H20N4/c1-11-14(9-17-2)18-20(4)16(11)13-10-19(3)15-8-6-5-7-12(13)15/h5-8,10,17H,9H2,1-4H3. The molecule has 1 N–H and O–H groups in total. The first-order chi connectivity index (χ1) is 9.63. The lowest BCUT2D eigenvalue weighted by Crippen LogP contribution is -2.06. The molecule has 0 bridgehead atoms. The lowest BCUT2D eigenvalue weighted by molar-refractivity contribution is 0.715. The third-order valence-corrected chi connectivity index (χ3v) is 3.88. The summed E-state index contributed by atoms with van der Waals surface area (Å²) in [5, 5.41) is 9.09. The highest BCUT2D eigenvalue weighted by Crippen LogP contribution is 2.32. The van der Waals surface area contributed by atoms with Gasteiger partial charge in [-0.15, -0.1) is 0 Å². The van der Waals surface area contributed by atoms with Gasteiger partial charge in [-0.2, -0.15) is 5.10 Å². The van der Waals surface area contributed by atoms with Gasteiger partial charge in [0.05, 0.1) is 11.4 Å². The Labute approximate surface area is 119 Å². The minimum absolute atomic E-state index is 0.796. The van der Waals surface area contributed by atoms with E-state index >= 15 is 0 Å². The zero-order valence-electron chi connectivity index (χ0n) is 12.4. The van der Waals surface area contributed by atoms with Crippen LogP contribution in [0.5, 0.6) is 0 Å². The summed E-state index contributed by atoms with van der Waals surface area (Å²) in [7, 11) is 6.06. The molecule has 104 valence electrons. The Morgan fingerprint density at radius 2 is 1.95 bits per heavy atom. The van der Waals surface area contributed by atoms with E-state index < -0.39 is 0 Å². The number of hydrogen-bond donors (Lipinski definition) is 1. The average molecular weight is 268 g/mol. The summed E-state index contributed by atoms with van der Waals surface area (Å²) < 4.78 is 4.17. The SMILES string of the molecule is CNCc1nn(C)c(-c2cn(C)c3ccccc23)c1C. The van der Waals surface area contributed by atoms with Crippen LogP contribution >= 0.6 is 0 Å². The van der Waals surface area contributed by atoms with E-state index in [1.54, 1.807) is 0 Å². The van der Waals surface area contributed by atoms with Gasteiger partial charge in [0.15, 0.2) is 0 Å². The third-order valence-electron chi connectivity index (χ3n) is 3.88. The molecular weight excluding hydrogens is 248 g/mol. The average Bonchev–Trinajstić information content (AvgIpc) is 2.90. The number of benzene rings is 1. The normalized spacial score (nSPS) is 11.4. The van der Waals surface area contributed by atoms with E-state index in [-0.39, 0.29) is 0 Å². The third kappa shape index (κ3) is 1.84. The van der Waals surface area contributed by atoms with Crippen molar-refractivity contribution in [1.29, 1.82) is 0 Å². The Hall–Kier alpha value is -2.07. The van der Waals surface area contributed by atoms with E-state index in [0.717, 1.165) is 12.2 Å². The fourth-order valence-electron chi connectivity index (χ4n) is 2.93. The quantitative estimate of drug-likeness (QED) is 0.792. The zero-order valence-corrected chi connectivity index (χ0v) is 12.4. The van der Waals surface area contributed by atoms with Crippen molar-refractivity contribution in [2.45, 2.75) is 13.5 Å².